The van der Waals surface area contributed by atoms with Gasteiger partial charge in [-0.25, -0.2) is 8.42 Å². The molecule has 0 amide bonds. The zero-order chi connectivity index (χ0) is 32.7. The number of anilines is 1. The van der Waals surface area contributed by atoms with Gasteiger partial charge in [-0.05, 0) is 84.1 Å². The van der Waals surface area contributed by atoms with E-state index in [9.17, 15) is 13.5 Å². The van der Waals surface area contributed by atoms with Crippen LogP contribution in [-0.2, 0) is 28.5 Å². The SMILES string of the molecule is CC(C)(C)c1ccc(OCc2nc(-c3ccc(S(=O)(=O)Nc4ccc(CCNCC(O)c5cccnc5)cc4)cc3)no2)c(Cl)c1. The molecule has 5 rings (SSSR count). The molecule has 0 spiro atoms. The Bertz CT molecular complexity index is 1840. The maximum absolute atomic E-state index is 13.0. The summed E-state index contributed by atoms with van der Waals surface area (Å²) in [6.07, 6.45) is 3.40. The van der Waals surface area contributed by atoms with E-state index < -0.39 is 16.1 Å². The average molecular weight is 662 g/mol. The highest BCUT2D eigenvalue weighted by molar-refractivity contribution is 7.92. The molecule has 2 heterocycles. The quantitative estimate of drug-likeness (QED) is 0.124. The van der Waals surface area contributed by atoms with Gasteiger partial charge in [-0.15, -0.1) is 0 Å². The van der Waals surface area contributed by atoms with Crippen molar-refractivity contribution in [3.8, 4) is 17.1 Å². The zero-order valence-electron chi connectivity index (χ0n) is 25.8. The number of pyridine rings is 1. The average Bonchev–Trinajstić information content (AvgIpc) is 3.52. The van der Waals surface area contributed by atoms with Crippen LogP contribution in [0.1, 0.15) is 49.5 Å². The summed E-state index contributed by atoms with van der Waals surface area (Å²) in [4.78, 5) is 8.48. The van der Waals surface area contributed by atoms with Gasteiger partial charge < -0.3 is 19.7 Å². The van der Waals surface area contributed by atoms with Crippen molar-refractivity contribution in [3.05, 3.63) is 119 Å². The van der Waals surface area contributed by atoms with Gasteiger partial charge in [-0.3, -0.25) is 9.71 Å². The second kappa shape index (κ2) is 14.4. The van der Waals surface area contributed by atoms with Gasteiger partial charge >= 0.3 is 0 Å². The smallest absolute Gasteiger partial charge is 0.264 e. The fourth-order valence-corrected chi connectivity index (χ4v) is 5.85. The molecule has 12 heteroatoms. The second-order valence-corrected chi connectivity index (χ2v) is 13.9. The van der Waals surface area contributed by atoms with Crippen LogP contribution >= 0.6 is 11.6 Å². The third kappa shape index (κ3) is 8.70. The molecule has 240 valence electrons. The lowest BCUT2D eigenvalue weighted by Gasteiger charge is -2.19. The minimum absolute atomic E-state index is 0.0303. The molecule has 0 saturated heterocycles. The molecule has 46 heavy (non-hydrogen) atoms. The number of aromatic nitrogens is 3. The number of aliphatic hydroxyl groups is 1. The summed E-state index contributed by atoms with van der Waals surface area (Å²) in [5.41, 5.74) is 3.89. The number of benzene rings is 3. The fourth-order valence-electron chi connectivity index (χ4n) is 4.55. The molecular weight excluding hydrogens is 626 g/mol. The molecule has 3 N–H and O–H groups in total. The number of aliphatic hydroxyl groups excluding tert-OH is 1. The van der Waals surface area contributed by atoms with Gasteiger partial charge in [0.05, 0.1) is 16.0 Å². The Labute approximate surface area is 273 Å². The molecule has 0 fully saturated rings. The first-order valence-corrected chi connectivity index (χ1v) is 16.6. The topological polar surface area (TPSA) is 139 Å². The second-order valence-electron chi connectivity index (χ2n) is 11.8. The Morgan fingerprint density at radius 3 is 2.46 bits per heavy atom. The van der Waals surface area contributed by atoms with Crippen molar-refractivity contribution in [2.75, 3.05) is 17.8 Å². The van der Waals surface area contributed by atoms with Crippen molar-refractivity contribution < 1.29 is 22.8 Å². The molecule has 0 aliphatic rings. The van der Waals surface area contributed by atoms with Crippen LogP contribution in [-0.4, -0.2) is 41.7 Å². The lowest BCUT2D eigenvalue weighted by molar-refractivity contribution is 0.174. The standard InChI is InChI=1S/C34H36ClN5O5S/c1-34(2,3)26-10-15-31(29(35)19-26)44-22-32-38-33(39-45-32)24-8-13-28(14-9-24)46(42,43)40-27-11-6-23(7-12-27)16-18-37-21-30(41)25-5-4-17-36-20-25/h4-15,17,19-20,30,37,40-41H,16,18,21-22H2,1-3H3. The Morgan fingerprint density at radius 1 is 1.02 bits per heavy atom. The van der Waals surface area contributed by atoms with E-state index >= 15 is 0 Å². The van der Waals surface area contributed by atoms with Crippen molar-refractivity contribution in [1.29, 1.82) is 0 Å². The molecule has 0 saturated carbocycles. The molecule has 0 bridgehead atoms. The van der Waals surface area contributed by atoms with E-state index in [0.717, 1.165) is 23.1 Å². The molecule has 3 aromatic carbocycles. The number of ether oxygens (including phenoxy) is 1. The number of sulfonamides is 1. The lowest BCUT2D eigenvalue weighted by Crippen LogP contribution is -2.23. The molecule has 5 aromatic rings. The minimum Gasteiger partial charge on any atom is -0.482 e. The van der Waals surface area contributed by atoms with Crippen LogP contribution < -0.4 is 14.8 Å². The number of rotatable bonds is 13. The fraction of sp³-hybridized carbons (Fsp3) is 0.265. The first kappa shape index (κ1) is 33.1. The third-order valence-corrected chi connectivity index (χ3v) is 8.94. The van der Waals surface area contributed by atoms with E-state index in [1.165, 1.54) is 12.1 Å². The Morgan fingerprint density at radius 2 is 1.78 bits per heavy atom. The molecule has 1 atom stereocenters. The van der Waals surface area contributed by atoms with E-state index in [4.69, 9.17) is 20.9 Å². The van der Waals surface area contributed by atoms with Gasteiger partial charge in [-0.1, -0.05) is 61.8 Å². The number of hydrogen-bond donors (Lipinski definition) is 3. The van der Waals surface area contributed by atoms with E-state index in [-0.39, 0.29) is 22.8 Å². The Hall–Kier alpha value is -4.29. The van der Waals surface area contributed by atoms with Crippen LogP contribution in [0.25, 0.3) is 11.4 Å². The monoisotopic (exact) mass is 661 g/mol. The zero-order valence-corrected chi connectivity index (χ0v) is 27.3. The lowest BCUT2D eigenvalue weighted by atomic mass is 9.87. The molecule has 0 aliphatic heterocycles. The summed E-state index contributed by atoms with van der Waals surface area (Å²) >= 11 is 6.40. The van der Waals surface area contributed by atoms with Crippen molar-refractivity contribution in [1.82, 2.24) is 20.4 Å². The van der Waals surface area contributed by atoms with Gasteiger partial charge in [0.2, 0.25) is 5.82 Å². The van der Waals surface area contributed by atoms with Gasteiger partial charge in [0, 0.05) is 35.8 Å². The van der Waals surface area contributed by atoms with E-state index in [1.807, 2.05) is 36.4 Å². The summed E-state index contributed by atoms with van der Waals surface area (Å²) in [6, 6.07) is 22.7. The molecular formula is C34H36ClN5O5S. The number of nitrogens with zero attached hydrogens (tertiary/aromatic N) is 3. The molecule has 2 aromatic heterocycles. The highest BCUT2D eigenvalue weighted by atomic mass is 35.5. The first-order valence-electron chi connectivity index (χ1n) is 14.7. The predicted octanol–water partition coefficient (Wildman–Crippen LogP) is 6.33. The van der Waals surface area contributed by atoms with E-state index in [1.54, 1.807) is 42.7 Å². The number of halogens is 1. The normalized spacial score (nSPS) is 12.5. The first-order chi connectivity index (χ1) is 22.0. The van der Waals surface area contributed by atoms with Crippen LogP contribution in [0.2, 0.25) is 5.02 Å². The third-order valence-electron chi connectivity index (χ3n) is 7.24. The van der Waals surface area contributed by atoms with Crippen LogP contribution in [0, 0.1) is 0 Å². The van der Waals surface area contributed by atoms with Crippen molar-refractivity contribution in [2.45, 2.75) is 50.2 Å². The largest absolute Gasteiger partial charge is 0.482 e. The Balaban J connectivity index is 1.11. The van der Waals surface area contributed by atoms with Crippen molar-refractivity contribution in [3.63, 3.8) is 0 Å². The van der Waals surface area contributed by atoms with Gasteiger partial charge in [0.25, 0.3) is 15.9 Å². The summed E-state index contributed by atoms with van der Waals surface area (Å²) in [6.45, 7) is 7.42. The predicted molar refractivity (Wildman–Crippen MR) is 177 cm³/mol. The summed E-state index contributed by atoms with van der Waals surface area (Å²) in [5, 5.41) is 18.0. The van der Waals surface area contributed by atoms with Crippen LogP contribution in [0.15, 0.2) is 101 Å². The van der Waals surface area contributed by atoms with Crippen molar-refractivity contribution in [2.24, 2.45) is 0 Å². The Kier molecular flexibility index (Phi) is 10.4. The van der Waals surface area contributed by atoms with E-state index in [2.05, 4.69) is 45.9 Å². The van der Waals surface area contributed by atoms with Gasteiger partial charge in [0.15, 0.2) is 6.61 Å². The molecule has 1 unspecified atom stereocenters. The highest BCUT2D eigenvalue weighted by Gasteiger charge is 2.18. The highest BCUT2D eigenvalue weighted by Crippen LogP contribution is 2.32. The van der Waals surface area contributed by atoms with Crippen molar-refractivity contribution >= 4 is 27.3 Å². The summed E-state index contributed by atoms with van der Waals surface area (Å²) < 4.78 is 39.8. The van der Waals surface area contributed by atoms with E-state index in [0.29, 0.717) is 40.9 Å². The maximum atomic E-state index is 13.0. The van der Waals surface area contributed by atoms with Gasteiger partial charge in [0.1, 0.15) is 5.75 Å². The molecule has 10 nitrogen and oxygen atoms in total. The van der Waals surface area contributed by atoms with Crippen LogP contribution in [0.4, 0.5) is 5.69 Å². The van der Waals surface area contributed by atoms with Crippen LogP contribution in [0.3, 0.4) is 0 Å². The molecule has 0 radical (unpaired) electrons. The van der Waals surface area contributed by atoms with Crippen LogP contribution in [0.5, 0.6) is 5.75 Å². The number of nitrogens with one attached hydrogen (secondary N) is 2. The minimum atomic E-state index is -3.82. The number of hydrogen-bond acceptors (Lipinski definition) is 9. The molecule has 0 aliphatic carbocycles. The van der Waals surface area contributed by atoms with Gasteiger partial charge in [-0.2, -0.15) is 4.98 Å². The summed E-state index contributed by atoms with van der Waals surface area (Å²) in [5.74, 6) is 1.07. The maximum Gasteiger partial charge on any atom is 0.264 e. The summed E-state index contributed by atoms with van der Waals surface area (Å²) in [7, 11) is -3.82.